The van der Waals surface area contributed by atoms with E-state index in [4.69, 9.17) is 10.5 Å². The number of ether oxygens (including phenoxy) is 1. The molecule has 0 aliphatic carbocycles. The summed E-state index contributed by atoms with van der Waals surface area (Å²) >= 11 is 0. The number of pyridine rings is 1. The molecule has 0 saturated carbocycles. The number of nitrogens with zero attached hydrogens (tertiary/aromatic N) is 2. The lowest BCUT2D eigenvalue weighted by atomic mass is 10.1. The van der Waals surface area contributed by atoms with E-state index in [0.29, 0.717) is 12.6 Å². The normalized spacial score (nSPS) is 18.5. The van der Waals surface area contributed by atoms with Crippen LogP contribution < -0.4 is 15.4 Å². The molecule has 1 aromatic carbocycles. The van der Waals surface area contributed by atoms with Crippen LogP contribution in [0, 0.1) is 0 Å². The summed E-state index contributed by atoms with van der Waals surface area (Å²) in [5, 5.41) is 0. The molecule has 1 aliphatic heterocycles. The topological polar surface area (TPSA) is 51.4 Å². The van der Waals surface area contributed by atoms with E-state index in [1.165, 1.54) is 12.1 Å². The van der Waals surface area contributed by atoms with Gasteiger partial charge in [0.05, 0.1) is 0 Å². The monoisotopic (exact) mass is 283 g/mol. The summed E-state index contributed by atoms with van der Waals surface area (Å²) in [5.74, 6) is 0.879. The van der Waals surface area contributed by atoms with Crippen molar-refractivity contribution in [3.05, 3.63) is 54.4 Å². The lowest BCUT2D eigenvalue weighted by Gasteiger charge is -2.32. The van der Waals surface area contributed by atoms with E-state index in [0.717, 1.165) is 30.8 Å². The molecule has 2 heterocycles. The van der Waals surface area contributed by atoms with E-state index in [-0.39, 0.29) is 0 Å². The minimum atomic E-state index is 0.292. The lowest BCUT2D eigenvalue weighted by molar-refractivity contribution is 0.306. The van der Waals surface area contributed by atoms with Crippen molar-refractivity contribution in [1.82, 2.24) is 4.98 Å². The first kappa shape index (κ1) is 13.9. The largest absolute Gasteiger partial charge is 0.489 e. The van der Waals surface area contributed by atoms with Crippen LogP contribution in [-0.4, -0.2) is 24.1 Å². The molecule has 0 bridgehead atoms. The van der Waals surface area contributed by atoms with Crippen LogP contribution >= 0.6 is 0 Å². The van der Waals surface area contributed by atoms with Crippen LogP contribution in [0.1, 0.15) is 18.4 Å². The van der Waals surface area contributed by atoms with Crippen molar-refractivity contribution < 1.29 is 4.74 Å². The molecule has 2 N–H and O–H groups in total. The Bertz CT molecular complexity index is 556. The van der Waals surface area contributed by atoms with Crippen LogP contribution in [0.5, 0.6) is 5.75 Å². The third-order valence-corrected chi connectivity index (χ3v) is 3.79. The third kappa shape index (κ3) is 3.73. The summed E-state index contributed by atoms with van der Waals surface area (Å²) in [6, 6.07) is 12.5. The van der Waals surface area contributed by atoms with Crippen molar-refractivity contribution in [2.24, 2.45) is 5.73 Å². The smallest absolute Gasteiger partial charge is 0.119 e. The van der Waals surface area contributed by atoms with Gasteiger partial charge >= 0.3 is 0 Å². The second-order valence-corrected chi connectivity index (χ2v) is 5.49. The van der Waals surface area contributed by atoms with Gasteiger partial charge in [0.2, 0.25) is 0 Å². The van der Waals surface area contributed by atoms with Crippen molar-refractivity contribution in [2.45, 2.75) is 25.5 Å². The van der Waals surface area contributed by atoms with Gasteiger partial charge in [-0.25, -0.2) is 0 Å². The molecule has 0 spiro atoms. The number of piperidine rings is 1. The Labute approximate surface area is 125 Å². The average Bonchev–Trinajstić information content (AvgIpc) is 2.54. The zero-order valence-corrected chi connectivity index (χ0v) is 12.1. The molecule has 4 nitrogen and oxygen atoms in total. The number of hydrogen-bond acceptors (Lipinski definition) is 4. The first-order chi connectivity index (χ1) is 10.3. The zero-order valence-electron chi connectivity index (χ0n) is 12.1. The standard InChI is InChI=1S/C17H21N3O/c18-15-4-2-10-20(12-15)16-5-7-17(8-6-16)21-13-14-3-1-9-19-11-14/h1,3,5-9,11,15H,2,4,10,12-13,18H2. The highest BCUT2D eigenvalue weighted by atomic mass is 16.5. The maximum atomic E-state index is 6.03. The quantitative estimate of drug-likeness (QED) is 0.937. The zero-order chi connectivity index (χ0) is 14.5. The van der Waals surface area contributed by atoms with Gasteiger partial charge in [0.15, 0.2) is 0 Å². The van der Waals surface area contributed by atoms with Crippen molar-refractivity contribution in [3.8, 4) is 5.75 Å². The van der Waals surface area contributed by atoms with Gasteiger partial charge in [0.1, 0.15) is 12.4 Å². The predicted octanol–water partition coefficient (Wildman–Crippen LogP) is 2.59. The van der Waals surface area contributed by atoms with E-state index in [1.807, 2.05) is 30.5 Å². The fraction of sp³-hybridized carbons (Fsp3) is 0.353. The van der Waals surface area contributed by atoms with E-state index in [2.05, 4.69) is 22.0 Å². The number of nitrogens with two attached hydrogens (primary N) is 1. The molecule has 3 rings (SSSR count). The minimum absolute atomic E-state index is 0.292. The van der Waals surface area contributed by atoms with Gasteiger partial charge in [-0.2, -0.15) is 0 Å². The first-order valence-electron chi connectivity index (χ1n) is 7.43. The van der Waals surface area contributed by atoms with E-state index >= 15 is 0 Å². The van der Waals surface area contributed by atoms with Crippen LogP contribution in [0.2, 0.25) is 0 Å². The molecule has 1 aliphatic rings. The molecular weight excluding hydrogens is 262 g/mol. The molecule has 4 heteroatoms. The van der Waals surface area contributed by atoms with Gasteiger partial charge in [-0.05, 0) is 43.2 Å². The van der Waals surface area contributed by atoms with E-state index < -0.39 is 0 Å². The molecule has 1 unspecified atom stereocenters. The Kier molecular flexibility index (Phi) is 4.36. The summed E-state index contributed by atoms with van der Waals surface area (Å²) in [5.41, 5.74) is 8.33. The highest BCUT2D eigenvalue weighted by molar-refractivity contribution is 5.49. The number of hydrogen-bond donors (Lipinski definition) is 1. The maximum Gasteiger partial charge on any atom is 0.119 e. The van der Waals surface area contributed by atoms with Gasteiger partial charge in [-0.3, -0.25) is 4.98 Å². The molecule has 1 saturated heterocycles. The molecular formula is C17H21N3O. The van der Waals surface area contributed by atoms with Crippen LogP contribution in [-0.2, 0) is 6.61 Å². The summed E-state index contributed by atoms with van der Waals surface area (Å²) in [4.78, 5) is 6.43. The van der Waals surface area contributed by atoms with Crippen molar-refractivity contribution in [3.63, 3.8) is 0 Å². The highest BCUT2D eigenvalue weighted by Gasteiger charge is 2.16. The third-order valence-electron chi connectivity index (χ3n) is 3.79. The summed E-state index contributed by atoms with van der Waals surface area (Å²) in [7, 11) is 0. The molecule has 2 aromatic rings. The number of aromatic nitrogens is 1. The van der Waals surface area contributed by atoms with Crippen molar-refractivity contribution in [1.29, 1.82) is 0 Å². The maximum absolute atomic E-state index is 6.03. The van der Waals surface area contributed by atoms with Crippen molar-refractivity contribution in [2.75, 3.05) is 18.0 Å². The predicted molar refractivity (Wildman–Crippen MR) is 84.4 cm³/mol. The Hall–Kier alpha value is -2.07. The van der Waals surface area contributed by atoms with E-state index in [1.54, 1.807) is 6.20 Å². The lowest BCUT2D eigenvalue weighted by Crippen LogP contribution is -2.42. The molecule has 21 heavy (non-hydrogen) atoms. The minimum Gasteiger partial charge on any atom is -0.489 e. The number of benzene rings is 1. The molecule has 1 aromatic heterocycles. The Morgan fingerprint density at radius 1 is 1.24 bits per heavy atom. The second-order valence-electron chi connectivity index (χ2n) is 5.49. The summed E-state index contributed by atoms with van der Waals surface area (Å²) in [6.45, 7) is 2.57. The average molecular weight is 283 g/mol. The second kappa shape index (κ2) is 6.59. The summed E-state index contributed by atoms with van der Waals surface area (Å²) in [6.07, 6.45) is 5.88. The highest BCUT2D eigenvalue weighted by Crippen LogP contribution is 2.23. The van der Waals surface area contributed by atoms with Gasteiger partial charge in [-0.15, -0.1) is 0 Å². The van der Waals surface area contributed by atoms with Gasteiger partial charge in [0, 0.05) is 42.8 Å². The summed E-state index contributed by atoms with van der Waals surface area (Å²) < 4.78 is 5.77. The number of rotatable bonds is 4. The Morgan fingerprint density at radius 2 is 2.10 bits per heavy atom. The van der Waals surface area contributed by atoms with Gasteiger partial charge in [0.25, 0.3) is 0 Å². The van der Waals surface area contributed by atoms with Crippen LogP contribution in [0.15, 0.2) is 48.8 Å². The molecule has 0 radical (unpaired) electrons. The fourth-order valence-electron chi connectivity index (χ4n) is 2.65. The first-order valence-corrected chi connectivity index (χ1v) is 7.43. The molecule has 110 valence electrons. The Morgan fingerprint density at radius 3 is 2.81 bits per heavy atom. The number of anilines is 1. The van der Waals surface area contributed by atoms with Gasteiger partial charge in [-0.1, -0.05) is 6.07 Å². The van der Waals surface area contributed by atoms with Gasteiger partial charge < -0.3 is 15.4 Å². The van der Waals surface area contributed by atoms with Crippen LogP contribution in [0.4, 0.5) is 5.69 Å². The molecule has 0 amide bonds. The van der Waals surface area contributed by atoms with Crippen LogP contribution in [0.3, 0.4) is 0 Å². The van der Waals surface area contributed by atoms with E-state index in [9.17, 15) is 0 Å². The molecule has 1 atom stereocenters. The van der Waals surface area contributed by atoms with Crippen molar-refractivity contribution >= 4 is 5.69 Å². The fourth-order valence-corrected chi connectivity index (χ4v) is 2.65. The molecule has 1 fully saturated rings. The van der Waals surface area contributed by atoms with Crippen LogP contribution in [0.25, 0.3) is 0 Å². The Balaban J connectivity index is 1.59. The SMILES string of the molecule is NC1CCCN(c2ccc(OCc3cccnc3)cc2)C1.